The molecule has 0 radical (unpaired) electrons. The Labute approximate surface area is 239 Å². The summed E-state index contributed by atoms with van der Waals surface area (Å²) in [5, 5.41) is 4.25. The van der Waals surface area contributed by atoms with Crippen LogP contribution < -0.4 is 9.80 Å². The van der Waals surface area contributed by atoms with Gasteiger partial charge in [-0.15, -0.1) is 11.3 Å². The molecule has 3 aromatic rings. The van der Waals surface area contributed by atoms with Crippen LogP contribution in [0.1, 0.15) is 36.4 Å². The number of hydrogen-bond acceptors (Lipinski definition) is 10. The third-order valence-corrected chi connectivity index (χ3v) is 9.60. The van der Waals surface area contributed by atoms with Crippen molar-refractivity contribution in [2.75, 3.05) is 82.4 Å². The van der Waals surface area contributed by atoms with Crippen LogP contribution in [0.4, 0.5) is 16.3 Å². The van der Waals surface area contributed by atoms with Gasteiger partial charge in [0.05, 0.1) is 29.4 Å². The van der Waals surface area contributed by atoms with Gasteiger partial charge in [0.2, 0.25) is 0 Å². The van der Waals surface area contributed by atoms with Gasteiger partial charge >= 0.3 is 6.09 Å². The number of morpholine rings is 1. The number of aromatic nitrogens is 3. The summed E-state index contributed by atoms with van der Waals surface area (Å²) < 4.78 is 11.1. The number of thiazole rings is 1. The molecule has 1 aromatic carbocycles. The van der Waals surface area contributed by atoms with Gasteiger partial charge in [0.1, 0.15) is 18.8 Å². The van der Waals surface area contributed by atoms with Crippen LogP contribution in [0.5, 0.6) is 0 Å². The van der Waals surface area contributed by atoms with E-state index in [1.165, 1.54) is 5.69 Å². The van der Waals surface area contributed by atoms with Gasteiger partial charge < -0.3 is 29.1 Å². The van der Waals surface area contributed by atoms with Crippen LogP contribution in [-0.2, 0) is 16.1 Å². The lowest BCUT2D eigenvalue weighted by Crippen LogP contribution is -2.47. The molecule has 2 unspecified atom stereocenters. The minimum absolute atomic E-state index is 0.227. The topological polar surface area (TPSA) is 87.2 Å². The summed E-state index contributed by atoms with van der Waals surface area (Å²) in [7, 11) is 2.07. The maximum Gasteiger partial charge on any atom is 0.410 e. The fourth-order valence-corrected chi connectivity index (χ4v) is 6.88. The molecule has 3 fully saturated rings. The smallest absolute Gasteiger partial charge is 0.410 e. The van der Waals surface area contributed by atoms with E-state index in [-0.39, 0.29) is 12.7 Å². The number of hydrogen-bond donors (Lipinski definition) is 0. The highest BCUT2D eigenvalue weighted by Gasteiger charge is 2.29. The first-order chi connectivity index (χ1) is 19.5. The second-order valence-electron chi connectivity index (χ2n) is 11.2. The van der Waals surface area contributed by atoms with Gasteiger partial charge in [-0.25, -0.2) is 19.7 Å². The van der Waals surface area contributed by atoms with Crippen molar-refractivity contribution in [1.29, 1.82) is 0 Å². The van der Waals surface area contributed by atoms with Gasteiger partial charge in [0, 0.05) is 74.7 Å². The van der Waals surface area contributed by atoms with Crippen molar-refractivity contribution in [2.24, 2.45) is 5.92 Å². The first-order valence-electron chi connectivity index (χ1n) is 14.4. The minimum Gasteiger partial charge on any atom is -0.443 e. The summed E-state index contributed by atoms with van der Waals surface area (Å²) in [6.07, 6.45) is 3.74. The molecular weight excluding hydrogens is 526 g/mol. The maximum absolute atomic E-state index is 12.5. The van der Waals surface area contributed by atoms with Crippen molar-refractivity contribution >= 4 is 39.8 Å². The van der Waals surface area contributed by atoms with Crippen LogP contribution in [0.15, 0.2) is 29.9 Å². The van der Waals surface area contributed by atoms with Gasteiger partial charge in [-0.05, 0) is 44.0 Å². The summed E-state index contributed by atoms with van der Waals surface area (Å²) in [5.74, 6) is 1.81. The molecule has 6 rings (SSSR count). The highest BCUT2D eigenvalue weighted by Crippen LogP contribution is 2.36. The van der Waals surface area contributed by atoms with E-state index in [9.17, 15) is 4.79 Å². The molecule has 10 nitrogen and oxygen atoms in total. The van der Waals surface area contributed by atoms with E-state index in [0.717, 1.165) is 92.7 Å². The van der Waals surface area contributed by atoms with E-state index >= 15 is 0 Å². The first kappa shape index (κ1) is 27.2. The molecule has 3 saturated heterocycles. The Morgan fingerprint density at radius 2 is 1.93 bits per heavy atom. The number of carbonyl (C=O) groups is 1. The van der Waals surface area contributed by atoms with Crippen molar-refractivity contribution in [3.8, 4) is 0 Å². The first-order valence-corrected chi connectivity index (χ1v) is 15.3. The Kier molecular flexibility index (Phi) is 8.31. The number of piperidine rings is 1. The Hall–Kier alpha value is -3.02. The van der Waals surface area contributed by atoms with Crippen LogP contribution in [0.3, 0.4) is 0 Å². The molecule has 0 saturated carbocycles. The Bertz CT molecular complexity index is 1310. The minimum atomic E-state index is -0.243. The van der Waals surface area contributed by atoms with Gasteiger partial charge in [-0.2, -0.15) is 0 Å². The lowest BCUT2D eigenvalue weighted by Gasteiger charge is -2.36. The van der Waals surface area contributed by atoms with Gasteiger partial charge in [0.15, 0.2) is 0 Å². The second-order valence-corrected chi connectivity index (χ2v) is 12.0. The Morgan fingerprint density at radius 1 is 1.10 bits per heavy atom. The number of anilines is 2. The molecule has 3 aliphatic heterocycles. The van der Waals surface area contributed by atoms with Gasteiger partial charge in [0.25, 0.3) is 0 Å². The fourth-order valence-electron chi connectivity index (χ4n) is 5.93. The monoisotopic (exact) mass is 565 g/mol. The molecule has 40 heavy (non-hydrogen) atoms. The largest absolute Gasteiger partial charge is 0.443 e. The zero-order chi connectivity index (χ0) is 27.5. The molecule has 0 spiro atoms. The standard InChI is InChI=1S/C29H39N7O3S/c1-21(28-32-23(19-40-28)18-39-29(37)35-10-8-33(2)9-11-35)22-4-3-7-36(17-22)27-25-6-5-24(16-26(25)30-20-31-27)34-12-14-38-15-13-34/h5-6,16,19-22H,3-4,7-15,17-18H2,1-2H3. The quantitative estimate of drug-likeness (QED) is 0.443. The molecule has 214 valence electrons. The number of amides is 1. The van der Waals surface area contributed by atoms with Crippen molar-refractivity contribution in [2.45, 2.75) is 32.3 Å². The molecular formula is C29H39N7O3S. The summed E-state index contributed by atoms with van der Waals surface area (Å²) in [4.78, 5) is 35.5. The number of rotatable bonds is 6. The maximum atomic E-state index is 12.5. The van der Waals surface area contributed by atoms with Crippen molar-refractivity contribution < 1.29 is 14.3 Å². The number of benzene rings is 1. The fraction of sp³-hybridized carbons (Fsp3) is 0.586. The van der Waals surface area contributed by atoms with Crippen molar-refractivity contribution in [3.05, 3.63) is 40.6 Å². The molecule has 0 N–H and O–H groups in total. The average molecular weight is 566 g/mol. The van der Waals surface area contributed by atoms with Crippen LogP contribution in [-0.4, -0.2) is 103 Å². The van der Waals surface area contributed by atoms with E-state index in [4.69, 9.17) is 19.4 Å². The highest BCUT2D eigenvalue weighted by molar-refractivity contribution is 7.09. The van der Waals surface area contributed by atoms with E-state index < -0.39 is 0 Å². The summed E-state index contributed by atoms with van der Waals surface area (Å²) >= 11 is 1.67. The Morgan fingerprint density at radius 3 is 2.75 bits per heavy atom. The SMILES string of the molecule is CC(c1nc(COC(=O)N2CCN(C)CC2)cs1)C1CCCN(c2ncnc3cc(N4CCOCC4)ccc23)C1. The molecule has 0 aliphatic carbocycles. The lowest BCUT2D eigenvalue weighted by atomic mass is 9.87. The molecule has 2 atom stereocenters. The van der Waals surface area contributed by atoms with E-state index in [1.807, 2.05) is 5.38 Å². The number of nitrogens with zero attached hydrogens (tertiary/aromatic N) is 7. The van der Waals surface area contributed by atoms with Crippen molar-refractivity contribution in [3.63, 3.8) is 0 Å². The third-order valence-electron chi connectivity index (χ3n) is 8.50. The molecule has 5 heterocycles. The Balaban J connectivity index is 1.09. The van der Waals surface area contributed by atoms with Crippen LogP contribution in [0.25, 0.3) is 10.9 Å². The average Bonchev–Trinajstić information content (AvgIpc) is 3.49. The van der Waals surface area contributed by atoms with E-state index in [0.29, 0.717) is 24.9 Å². The molecule has 3 aliphatic rings. The number of fused-ring (bicyclic) bond motifs is 1. The number of ether oxygens (including phenoxy) is 2. The lowest BCUT2D eigenvalue weighted by molar-refractivity contribution is 0.0761. The second kappa shape index (κ2) is 12.2. The van der Waals surface area contributed by atoms with E-state index in [1.54, 1.807) is 22.6 Å². The zero-order valence-electron chi connectivity index (χ0n) is 23.5. The predicted octanol–water partition coefficient (Wildman–Crippen LogP) is 3.83. The highest BCUT2D eigenvalue weighted by atomic mass is 32.1. The summed E-state index contributed by atoms with van der Waals surface area (Å²) in [6.45, 7) is 11.0. The number of piperazine rings is 1. The summed E-state index contributed by atoms with van der Waals surface area (Å²) in [6, 6.07) is 6.56. The van der Waals surface area contributed by atoms with Crippen LogP contribution >= 0.6 is 11.3 Å². The molecule has 0 bridgehead atoms. The van der Waals surface area contributed by atoms with Crippen LogP contribution in [0, 0.1) is 5.92 Å². The predicted molar refractivity (Wildman–Crippen MR) is 157 cm³/mol. The molecule has 1 amide bonds. The normalized spacial score (nSPS) is 21.6. The zero-order valence-corrected chi connectivity index (χ0v) is 24.3. The van der Waals surface area contributed by atoms with Gasteiger partial charge in [-0.3, -0.25) is 0 Å². The van der Waals surface area contributed by atoms with E-state index in [2.05, 4.69) is 51.9 Å². The number of likely N-dealkylation sites (N-methyl/N-ethyl adjacent to an activating group) is 1. The summed E-state index contributed by atoms with van der Waals surface area (Å²) in [5.41, 5.74) is 3.01. The molecule has 11 heteroatoms. The number of carbonyl (C=O) groups excluding carboxylic acids is 1. The van der Waals surface area contributed by atoms with Crippen molar-refractivity contribution in [1.82, 2.24) is 24.8 Å². The third kappa shape index (κ3) is 6.01. The molecule has 2 aromatic heterocycles. The van der Waals surface area contributed by atoms with Gasteiger partial charge in [-0.1, -0.05) is 6.92 Å². The van der Waals surface area contributed by atoms with Crippen LogP contribution in [0.2, 0.25) is 0 Å².